The number of carbonyl (C=O) groups is 6. The van der Waals surface area contributed by atoms with Crippen molar-refractivity contribution >= 4 is 58.3 Å². The Labute approximate surface area is 516 Å². The number of rotatable bonds is 18. The Hall–Kier alpha value is -9.70. The second-order valence-electron chi connectivity index (χ2n) is 23.7. The lowest BCUT2D eigenvalue weighted by Gasteiger charge is -2.36. The molecule has 5 aliphatic rings. The summed E-state index contributed by atoms with van der Waals surface area (Å²) in [5, 5.41) is 2.33. The van der Waals surface area contributed by atoms with Gasteiger partial charge in [0.05, 0.1) is 37.6 Å². The molecule has 5 heterocycles. The van der Waals surface area contributed by atoms with Crippen molar-refractivity contribution in [2.45, 2.75) is 104 Å². The zero-order valence-electron chi connectivity index (χ0n) is 50.0. The smallest absolute Gasteiger partial charge is 0.306 e. The van der Waals surface area contributed by atoms with Gasteiger partial charge in [-0.1, -0.05) is 72.8 Å². The van der Waals surface area contributed by atoms with Gasteiger partial charge < -0.3 is 39.5 Å². The van der Waals surface area contributed by atoms with Gasteiger partial charge in [0.2, 0.25) is 17.7 Å². The molecule has 5 amide bonds. The highest BCUT2D eigenvalue weighted by Gasteiger charge is 2.41. The van der Waals surface area contributed by atoms with Gasteiger partial charge in [-0.3, -0.25) is 43.9 Å². The zero-order chi connectivity index (χ0) is 62.9. The standard InChI is InChI=1S/C36H40FN5O5.C32H30FN5O4/c1-36(2,3)47-33(43)15-14-31(34(38)44)42-22-28-27(35(42)45)6-5-7-32(28)46-23-25-10-8-24(9-11-25)21-40-16-18-41(19-17-40)30-13-12-26(39-4)20-29(30)37;1-34-23-9-10-27(26(33)17-23)37-15-13-36(14-16-37)18-21-5-7-22(8-6-21)20-42-29-4-2-3-24-25(29)19-38(32(24)41)28-11-12-30(39)35-31(28)40/h5-13,20,31H,14-19,21-23H2,1-3H3,(H2,38,44);2-10,17,28H,11-16,18-20H2,(H,35,39,40)/t31-;28-/m00/s1. The van der Waals surface area contributed by atoms with Gasteiger partial charge >= 0.3 is 5.97 Å². The number of primary amides is 1. The molecule has 19 nitrogen and oxygen atoms in total. The maximum absolute atomic E-state index is 14.5. The first-order valence-corrected chi connectivity index (χ1v) is 29.7. The van der Waals surface area contributed by atoms with Crippen molar-refractivity contribution in [3.8, 4) is 11.5 Å². The third kappa shape index (κ3) is 15.2. The van der Waals surface area contributed by atoms with Crippen LogP contribution in [0.3, 0.4) is 0 Å². The number of esters is 1. The maximum Gasteiger partial charge on any atom is 0.306 e. The third-order valence-electron chi connectivity index (χ3n) is 16.4. The largest absolute Gasteiger partial charge is 0.489 e. The Morgan fingerprint density at radius 3 is 1.56 bits per heavy atom. The van der Waals surface area contributed by atoms with Crippen molar-refractivity contribution in [3.05, 3.63) is 200 Å². The number of piperazine rings is 2. The highest BCUT2D eigenvalue weighted by molar-refractivity contribution is 6.06. The normalized spacial score (nSPS) is 17.2. The molecule has 5 aliphatic heterocycles. The van der Waals surface area contributed by atoms with Gasteiger partial charge in [-0.25, -0.2) is 18.5 Å². The van der Waals surface area contributed by atoms with Crippen LogP contribution in [-0.4, -0.2) is 125 Å². The van der Waals surface area contributed by atoms with Crippen LogP contribution in [0.25, 0.3) is 9.69 Å². The molecular weight excluding hydrogens is 1140 g/mol. The minimum absolute atomic E-state index is 0.0417. The fraction of sp³-hybridized carbons (Fsp3) is 0.353. The number of anilines is 2. The number of nitrogens with zero attached hydrogens (tertiary/aromatic N) is 8. The Bertz CT molecular complexity index is 3730. The number of nitrogens with two attached hydrogens (primary N) is 1. The first kappa shape index (κ1) is 62.4. The molecule has 0 bridgehead atoms. The van der Waals surface area contributed by atoms with Crippen LogP contribution in [0.5, 0.6) is 11.5 Å². The number of nitrogens with one attached hydrogen (secondary N) is 1. The molecule has 0 aliphatic carbocycles. The summed E-state index contributed by atoms with van der Waals surface area (Å²) in [5.74, 6) is -1.98. The Kier molecular flexibility index (Phi) is 19.3. The number of ether oxygens (including phenoxy) is 3. The SMILES string of the molecule is [C-]#[N+]c1ccc(N2CCN(Cc3ccc(COc4cccc5c4CN([C@@H](CCC(=O)OC(C)(C)C)C(N)=O)C5=O)cc3)CC2)c(F)c1.[C-]#[N+]c1ccc(N2CCN(Cc3ccc(COc4cccc5c4CN([C@H]4CCC(=O)NC4=O)C5=O)cc3)CC2)c(F)c1. The maximum atomic E-state index is 14.5. The number of benzene rings is 6. The van der Waals surface area contributed by atoms with E-state index in [1.165, 1.54) is 27.5 Å². The van der Waals surface area contributed by atoms with Crippen molar-refractivity contribution < 1.29 is 51.8 Å². The summed E-state index contributed by atoms with van der Waals surface area (Å²) >= 11 is 0. The predicted octanol–water partition coefficient (Wildman–Crippen LogP) is 9.25. The van der Waals surface area contributed by atoms with Crippen LogP contribution in [0.4, 0.5) is 31.5 Å². The number of piperidine rings is 1. The average Bonchev–Trinajstić information content (AvgIpc) is 1.68. The molecule has 3 N–H and O–H groups in total. The molecule has 6 aromatic rings. The first-order chi connectivity index (χ1) is 42.8. The molecule has 2 atom stereocenters. The monoisotopic (exact) mass is 1210 g/mol. The molecule has 0 spiro atoms. The molecule has 3 saturated heterocycles. The van der Waals surface area contributed by atoms with Gasteiger partial charge in [0.1, 0.15) is 54.0 Å². The molecule has 0 saturated carbocycles. The van der Waals surface area contributed by atoms with Crippen LogP contribution >= 0.6 is 0 Å². The van der Waals surface area contributed by atoms with E-state index in [-0.39, 0.29) is 61.7 Å². The summed E-state index contributed by atoms with van der Waals surface area (Å²) in [4.78, 5) is 93.1. The second-order valence-corrected chi connectivity index (χ2v) is 23.7. The summed E-state index contributed by atoms with van der Waals surface area (Å²) in [6, 6.07) is 34.6. The van der Waals surface area contributed by atoms with Gasteiger partial charge in [-0.2, -0.15) is 0 Å². The van der Waals surface area contributed by atoms with Gasteiger partial charge in [0.25, 0.3) is 11.8 Å². The van der Waals surface area contributed by atoms with E-state index in [4.69, 9.17) is 33.1 Å². The van der Waals surface area contributed by atoms with Gasteiger partial charge in [0, 0.05) is 101 Å². The van der Waals surface area contributed by atoms with E-state index in [9.17, 15) is 37.5 Å². The van der Waals surface area contributed by atoms with Crippen LogP contribution in [0, 0.1) is 24.8 Å². The Morgan fingerprint density at radius 2 is 1.11 bits per heavy atom. The summed E-state index contributed by atoms with van der Waals surface area (Å²) in [7, 11) is 0. The summed E-state index contributed by atoms with van der Waals surface area (Å²) < 4.78 is 46.5. The van der Waals surface area contributed by atoms with E-state index < -0.39 is 35.5 Å². The molecule has 0 radical (unpaired) electrons. The van der Waals surface area contributed by atoms with E-state index in [1.807, 2.05) is 40.1 Å². The molecule has 460 valence electrons. The Balaban J connectivity index is 0.000000197. The second kappa shape index (κ2) is 27.6. The predicted molar refractivity (Wildman–Crippen MR) is 329 cm³/mol. The number of hydrogen-bond acceptors (Lipinski definition) is 13. The quantitative estimate of drug-likeness (QED) is 0.0470. The number of imide groups is 1. The fourth-order valence-electron chi connectivity index (χ4n) is 11.8. The van der Waals surface area contributed by atoms with Gasteiger partial charge in [-0.15, -0.1) is 0 Å². The van der Waals surface area contributed by atoms with Crippen molar-refractivity contribution in [3.63, 3.8) is 0 Å². The minimum Gasteiger partial charge on any atom is -0.489 e. The first-order valence-electron chi connectivity index (χ1n) is 29.7. The average molecular weight is 1210 g/mol. The number of carbonyl (C=O) groups excluding carboxylic acids is 6. The molecule has 0 aromatic heterocycles. The van der Waals surface area contributed by atoms with Crippen LogP contribution in [0.15, 0.2) is 121 Å². The molecule has 3 fully saturated rings. The van der Waals surface area contributed by atoms with Gasteiger partial charge in [-0.05, 0) is 104 Å². The Morgan fingerprint density at radius 1 is 0.640 bits per heavy atom. The van der Waals surface area contributed by atoms with Gasteiger partial charge in [0.15, 0.2) is 11.4 Å². The zero-order valence-corrected chi connectivity index (χ0v) is 50.0. The molecule has 0 unspecified atom stereocenters. The minimum atomic E-state index is -0.955. The van der Waals surface area contributed by atoms with E-state index in [1.54, 1.807) is 75.4 Å². The van der Waals surface area contributed by atoms with Crippen molar-refractivity contribution in [1.29, 1.82) is 0 Å². The fourth-order valence-corrected chi connectivity index (χ4v) is 11.8. The van der Waals surface area contributed by atoms with E-state index in [0.717, 1.165) is 61.5 Å². The number of hydrogen-bond donors (Lipinski definition) is 2. The number of amides is 5. The topological polar surface area (TPSA) is 196 Å². The van der Waals surface area contributed by atoms with Crippen molar-refractivity contribution in [2.75, 3.05) is 62.2 Å². The summed E-state index contributed by atoms with van der Waals surface area (Å²) in [5.41, 5.74) is 13.4. The van der Waals surface area contributed by atoms with Crippen LogP contribution < -0.4 is 30.3 Å². The van der Waals surface area contributed by atoms with Crippen molar-refractivity contribution in [2.24, 2.45) is 5.73 Å². The van der Waals surface area contributed by atoms with E-state index in [0.29, 0.717) is 96.8 Å². The lowest BCUT2D eigenvalue weighted by atomic mass is 10.0. The van der Waals surface area contributed by atoms with Crippen LogP contribution in [-0.2, 0) is 63.3 Å². The lowest BCUT2D eigenvalue weighted by Crippen LogP contribution is -2.52. The summed E-state index contributed by atoms with van der Waals surface area (Å²) in [6.07, 6.45) is 0.559. The molecule has 11 rings (SSSR count). The van der Waals surface area contributed by atoms with Crippen LogP contribution in [0.1, 0.15) is 101 Å². The highest BCUT2D eigenvalue weighted by Crippen LogP contribution is 2.36. The van der Waals surface area contributed by atoms with E-state index >= 15 is 0 Å². The van der Waals surface area contributed by atoms with E-state index in [2.05, 4.69) is 49.1 Å². The highest BCUT2D eigenvalue weighted by atomic mass is 19.1. The number of halogens is 2. The van der Waals surface area contributed by atoms with Crippen molar-refractivity contribution in [1.82, 2.24) is 24.9 Å². The van der Waals surface area contributed by atoms with Crippen LogP contribution in [0.2, 0.25) is 0 Å². The third-order valence-corrected chi connectivity index (χ3v) is 16.4. The summed E-state index contributed by atoms with van der Waals surface area (Å²) in [6.45, 7) is 28.0. The number of fused-ring (bicyclic) bond motifs is 2. The molecule has 89 heavy (non-hydrogen) atoms. The molecule has 6 aromatic carbocycles. The molecule has 21 heteroatoms. The lowest BCUT2D eigenvalue weighted by molar-refractivity contribution is -0.155. The molecular formula is C68H70F2N10O9.